The summed E-state index contributed by atoms with van der Waals surface area (Å²) in [7, 11) is 0. The molecule has 0 aliphatic carbocycles. The molecule has 0 radical (unpaired) electrons. The summed E-state index contributed by atoms with van der Waals surface area (Å²) in [6.45, 7) is 4.92. The molecule has 1 saturated heterocycles. The zero-order valence-electron chi connectivity index (χ0n) is 18.0. The number of nitrogens with zero attached hydrogens (tertiary/aromatic N) is 2. The van der Waals surface area contributed by atoms with E-state index in [1.54, 1.807) is 30.3 Å². The highest BCUT2D eigenvalue weighted by atomic mass is 35.5. The second-order valence-electron chi connectivity index (χ2n) is 7.94. The third-order valence-corrected chi connectivity index (χ3v) is 5.99. The van der Waals surface area contributed by atoms with Gasteiger partial charge in [0.1, 0.15) is 5.82 Å². The second kappa shape index (κ2) is 10.9. The van der Waals surface area contributed by atoms with Crippen LogP contribution in [0.5, 0.6) is 0 Å². The van der Waals surface area contributed by atoms with Crippen LogP contribution in [0.4, 0.5) is 5.82 Å². The predicted octanol–water partition coefficient (Wildman–Crippen LogP) is 4.47. The summed E-state index contributed by atoms with van der Waals surface area (Å²) in [4.78, 5) is 32.3. The molecule has 33 heavy (non-hydrogen) atoms. The van der Waals surface area contributed by atoms with E-state index in [1.807, 2.05) is 24.3 Å². The Balaban J connectivity index is 1.45. The minimum Gasteiger partial charge on any atom is -0.314 e. The molecule has 2 N–H and O–H groups in total. The van der Waals surface area contributed by atoms with Gasteiger partial charge in [0, 0.05) is 61.5 Å². The lowest BCUT2D eigenvalue weighted by Gasteiger charge is -2.27. The highest BCUT2D eigenvalue weighted by molar-refractivity contribution is 6.31. The summed E-state index contributed by atoms with van der Waals surface area (Å²) >= 11 is 12.0. The van der Waals surface area contributed by atoms with Crippen LogP contribution in [0, 0.1) is 0 Å². The number of piperazine rings is 1. The third kappa shape index (κ3) is 6.39. The van der Waals surface area contributed by atoms with E-state index in [0.29, 0.717) is 32.6 Å². The summed E-state index contributed by atoms with van der Waals surface area (Å²) < 4.78 is 0. The van der Waals surface area contributed by atoms with E-state index >= 15 is 0 Å². The summed E-state index contributed by atoms with van der Waals surface area (Å²) in [5.41, 5.74) is 2.72. The lowest BCUT2D eigenvalue weighted by atomic mass is 9.97. The molecule has 0 bridgehead atoms. The molecule has 0 saturated carbocycles. The molecule has 4 rings (SSSR count). The lowest BCUT2D eigenvalue weighted by Crippen LogP contribution is -2.42. The van der Waals surface area contributed by atoms with Gasteiger partial charge in [0.2, 0.25) is 0 Å². The van der Waals surface area contributed by atoms with Crippen molar-refractivity contribution in [2.24, 2.45) is 0 Å². The van der Waals surface area contributed by atoms with E-state index in [9.17, 15) is 9.59 Å². The maximum absolute atomic E-state index is 13.0. The molecule has 0 unspecified atom stereocenters. The SMILES string of the molecule is O=C(Cc1ccc(Cl)cc1C(=O)Nc1ccc(Cl)cn1)c1ccc(CN2CCNCC2)cc1. The van der Waals surface area contributed by atoms with Crippen molar-refractivity contribution in [2.45, 2.75) is 13.0 Å². The van der Waals surface area contributed by atoms with Gasteiger partial charge in [0.25, 0.3) is 5.91 Å². The Bertz CT molecular complexity index is 1130. The lowest BCUT2D eigenvalue weighted by molar-refractivity contribution is 0.0992. The summed E-state index contributed by atoms with van der Waals surface area (Å²) in [5.74, 6) is -0.0899. The van der Waals surface area contributed by atoms with Gasteiger partial charge in [-0.1, -0.05) is 53.5 Å². The highest BCUT2D eigenvalue weighted by Crippen LogP contribution is 2.20. The number of hydrogen-bond donors (Lipinski definition) is 2. The predicted molar refractivity (Wildman–Crippen MR) is 131 cm³/mol. The first-order valence-corrected chi connectivity index (χ1v) is 11.5. The molecular formula is C25H24Cl2N4O2. The number of aromatic nitrogens is 1. The van der Waals surface area contributed by atoms with E-state index in [4.69, 9.17) is 23.2 Å². The van der Waals surface area contributed by atoms with Crippen molar-refractivity contribution in [1.29, 1.82) is 0 Å². The number of carbonyl (C=O) groups is 2. The van der Waals surface area contributed by atoms with Crippen molar-refractivity contribution < 1.29 is 9.59 Å². The number of hydrogen-bond acceptors (Lipinski definition) is 5. The molecule has 2 aromatic carbocycles. The van der Waals surface area contributed by atoms with E-state index in [-0.39, 0.29) is 18.1 Å². The number of ketones is 1. The van der Waals surface area contributed by atoms with Crippen LogP contribution in [0.1, 0.15) is 31.8 Å². The number of anilines is 1. The molecule has 0 spiro atoms. The summed E-state index contributed by atoms with van der Waals surface area (Å²) in [5, 5.41) is 6.96. The normalized spacial score (nSPS) is 14.1. The molecule has 3 aromatic rings. The van der Waals surface area contributed by atoms with Crippen molar-refractivity contribution in [2.75, 3.05) is 31.5 Å². The van der Waals surface area contributed by atoms with Crippen LogP contribution in [0.25, 0.3) is 0 Å². The monoisotopic (exact) mass is 482 g/mol. The number of pyridine rings is 1. The molecule has 6 nitrogen and oxygen atoms in total. The van der Waals surface area contributed by atoms with Crippen LogP contribution < -0.4 is 10.6 Å². The molecule has 1 aliphatic heterocycles. The first-order chi connectivity index (χ1) is 16.0. The van der Waals surface area contributed by atoms with Gasteiger partial charge in [-0.05, 0) is 35.4 Å². The molecule has 170 valence electrons. The van der Waals surface area contributed by atoms with Crippen molar-refractivity contribution in [3.8, 4) is 0 Å². The van der Waals surface area contributed by atoms with Crippen molar-refractivity contribution in [3.63, 3.8) is 0 Å². The highest BCUT2D eigenvalue weighted by Gasteiger charge is 2.17. The number of benzene rings is 2. The van der Waals surface area contributed by atoms with E-state index in [1.165, 1.54) is 11.8 Å². The molecule has 2 heterocycles. The number of rotatable bonds is 7. The Hall–Kier alpha value is -2.77. The maximum Gasteiger partial charge on any atom is 0.257 e. The summed E-state index contributed by atoms with van der Waals surface area (Å²) in [6, 6.07) is 15.9. The number of halogens is 2. The zero-order valence-corrected chi connectivity index (χ0v) is 19.5. The fourth-order valence-corrected chi connectivity index (χ4v) is 4.03. The first kappa shape index (κ1) is 23.4. The smallest absolute Gasteiger partial charge is 0.257 e. The number of amides is 1. The van der Waals surface area contributed by atoms with E-state index < -0.39 is 0 Å². The Kier molecular flexibility index (Phi) is 7.73. The average molecular weight is 483 g/mol. The van der Waals surface area contributed by atoms with Crippen LogP contribution in [0.15, 0.2) is 60.8 Å². The minimum absolute atomic E-state index is 0.0651. The summed E-state index contributed by atoms with van der Waals surface area (Å²) in [6.07, 6.45) is 1.54. The van der Waals surface area contributed by atoms with Gasteiger partial charge in [-0.2, -0.15) is 0 Å². The first-order valence-electron chi connectivity index (χ1n) is 10.7. The van der Waals surface area contributed by atoms with Crippen LogP contribution in [0.2, 0.25) is 10.0 Å². The van der Waals surface area contributed by atoms with Crippen molar-refractivity contribution in [1.82, 2.24) is 15.2 Å². The van der Waals surface area contributed by atoms with Gasteiger partial charge in [-0.25, -0.2) is 4.98 Å². The van der Waals surface area contributed by atoms with Gasteiger partial charge in [-0.3, -0.25) is 14.5 Å². The molecule has 8 heteroatoms. The fraction of sp³-hybridized carbons (Fsp3) is 0.240. The average Bonchev–Trinajstić information content (AvgIpc) is 2.83. The Morgan fingerprint density at radius 2 is 1.70 bits per heavy atom. The van der Waals surface area contributed by atoms with Crippen molar-refractivity contribution in [3.05, 3.63) is 93.1 Å². The number of carbonyl (C=O) groups excluding carboxylic acids is 2. The topological polar surface area (TPSA) is 74.3 Å². The van der Waals surface area contributed by atoms with Gasteiger partial charge in [0.15, 0.2) is 5.78 Å². The molecule has 1 aliphatic rings. The molecule has 1 aromatic heterocycles. The van der Waals surface area contributed by atoms with Gasteiger partial charge < -0.3 is 10.6 Å². The number of nitrogens with one attached hydrogen (secondary N) is 2. The third-order valence-electron chi connectivity index (χ3n) is 5.53. The van der Waals surface area contributed by atoms with Gasteiger partial charge in [0.05, 0.1) is 5.02 Å². The Morgan fingerprint density at radius 3 is 2.39 bits per heavy atom. The van der Waals surface area contributed by atoms with Gasteiger partial charge in [-0.15, -0.1) is 0 Å². The van der Waals surface area contributed by atoms with E-state index in [0.717, 1.165) is 32.7 Å². The Labute approximate surface area is 202 Å². The van der Waals surface area contributed by atoms with E-state index in [2.05, 4.69) is 20.5 Å². The van der Waals surface area contributed by atoms with Crippen LogP contribution in [0.3, 0.4) is 0 Å². The molecule has 0 atom stereocenters. The fourth-order valence-electron chi connectivity index (χ4n) is 3.75. The second-order valence-corrected chi connectivity index (χ2v) is 8.81. The Morgan fingerprint density at radius 1 is 0.970 bits per heavy atom. The van der Waals surface area contributed by atoms with Gasteiger partial charge >= 0.3 is 0 Å². The van der Waals surface area contributed by atoms with Crippen LogP contribution in [-0.2, 0) is 13.0 Å². The standard InChI is InChI=1S/C25H24Cl2N4O2/c26-20-6-5-19(22(14-20)25(33)30-24-8-7-21(27)15-29-24)13-23(32)18-3-1-17(2-4-18)16-31-11-9-28-10-12-31/h1-8,14-15,28H,9-13,16H2,(H,29,30,33). The van der Waals surface area contributed by atoms with Crippen LogP contribution >= 0.6 is 23.2 Å². The minimum atomic E-state index is -0.388. The zero-order chi connectivity index (χ0) is 23.2. The van der Waals surface area contributed by atoms with Crippen molar-refractivity contribution >= 4 is 40.7 Å². The quantitative estimate of drug-likeness (QED) is 0.485. The number of Topliss-reactive ketones (excluding diaryl/α,β-unsaturated/α-hetero) is 1. The molecular weight excluding hydrogens is 459 g/mol. The molecule has 1 fully saturated rings. The maximum atomic E-state index is 13.0. The largest absolute Gasteiger partial charge is 0.314 e. The van der Waals surface area contributed by atoms with Crippen LogP contribution in [-0.4, -0.2) is 47.8 Å². The molecule has 1 amide bonds.